The largest absolute Gasteiger partial charge is 0.330 e. The second-order valence-electron chi connectivity index (χ2n) is 4.41. The number of rotatable bonds is 4. The third-order valence-electron chi connectivity index (χ3n) is 3.04. The van der Waals surface area contributed by atoms with Crippen LogP contribution in [-0.4, -0.2) is 12.5 Å². The van der Waals surface area contributed by atoms with Crippen molar-refractivity contribution in [3.05, 3.63) is 28.3 Å². The van der Waals surface area contributed by atoms with Crippen molar-refractivity contribution in [1.29, 1.82) is 0 Å². The predicted molar refractivity (Wildman–Crippen MR) is 70.4 cm³/mol. The molecule has 0 unspecified atom stereocenters. The fraction of sp³-hybridized carbons (Fsp3) is 0.462. The van der Waals surface area contributed by atoms with Crippen LogP contribution >= 0.6 is 11.6 Å². The summed E-state index contributed by atoms with van der Waals surface area (Å²) in [6.07, 6.45) is 4.45. The van der Waals surface area contributed by atoms with Gasteiger partial charge in [0.2, 0.25) is 5.91 Å². The Balaban J connectivity index is 2.16. The van der Waals surface area contributed by atoms with Crippen LogP contribution in [0, 0.1) is 0 Å². The normalized spacial score (nSPS) is 14.4. The molecule has 1 aromatic carbocycles. The molecule has 0 aliphatic carbocycles. The fourth-order valence-electron chi connectivity index (χ4n) is 2.13. The number of amides is 1. The SMILES string of the molecule is NCCCCc1cc(Cl)c2c(c1)CCC(=O)N2. The van der Waals surface area contributed by atoms with Crippen LogP contribution in [-0.2, 0) is 17.6 Å². The van der Waals surface area contributed by atoms with E-state index in [1.165, 1.54) is 5.56 Å². The van der Waals surface area contributed by atoms with Crippen LogP contribution in [0.4, 0.5) is 5.69 Å². The molecule has 0 saturated carbocycles. The maximum absolute atomic E-state index is 11.3. The number of unbranched alkanes of at least 4 members (excludes halogenated alkanes) is 1. The van der Waals surface area contributed by atoms with Crippen LogP contribution < -0.4 is 11.1 Å². The quantitative estimate of drug-likeness (QED) is 0.809. The van der Waals surface area contributed by atoms with E-state index < -0.39 is 0 Å². The van der Waals surface area contributed by atoms with Crippen LogP contribution in [0.3, 0.4) is 0 Å². The lowest BCUT2D eigenvalue weighted by atomic mass is 9.98. The van der Waals surface area contributed by atoms with Gasteiger partial charge in [-0.25, -0.2) is 0 Å². The zero-order valence-electron chi connectivity index (χ0n) is 9.76. The Labute approximate surface area is 106 Å². The maximum atomic E-state index is 11.3. The standard InChI is InChI=1S/C13H17ClN2O/c14-11-8-9(3-1-2-6-15)7-10-4-5-12(17)16-13(10)11/h7-8H,1-6,15H2,(H,16,17). The van der Waals surface area contributed by atoms with Crippen molar-refractivity contribution in [1.82, 2.24) is 0 Å². The summed E-state index contributed by atoms with van der Waals surface area (Å²) in [4.78, 5) is 11.3. The van der Waals surface area contributed by atoms with Gasteiger partial charge in [0.05, 0.1) is 10.7 Å². The van der Waals surface area contributed by atoms with Gasteiger partial charge in [0.25, 0.3) is 0 Å². The number of halogens is 1. The van der Waals surface area contributed by atoms with Gasteiger partial charge in [-0.05, 0) is 49.4 Å². The van der Waals surface area contributed by atoms with Gasteiger partial charge in [0.15, 0.2) is 0 Å². The minimum atomic E-state index is 0.0512. The number of carbonyl (C=O) groups excluding carboxylic acids is 1. The molecule has 3 N–H and O–H groups in total. The predicted octanol–water partition coefficient (Wildman–Crippen LogP) is 2.51. The maximum Gasteiger partial charge on any atom is 0.224 e. The highest BCUT2D eigenvalue weighted by Gasteiger charge is 2.17. The zero-order chi connectivity index (χ0) is 12.3. The number of aryl methyl sites for hydroxylation is 2. The summed E-state index contributed by atoms with van der Waals surface area (Å²) in [6.45, 7) is 0.731. The number of hydrogen-bond donors (Lipinski definition) is 2. The van der Waals surface area contributed by atoms with Crippen molar-refractivity contribution >= 4 is 23.2 Å². The third kappa shape index (κ3) is 2.99. The second-order valence-corrected chi connectivity index (χ2v) is 4.81. The molecule has 17 heavy (non-hydrogen) atoms. The number of nitrogens with one attached hydrogen (secondary N) is 1. The molecule has 0 bridgehead atoms. The Hall–Kier alpha value is -1.06. The first kappa shape index (κ1) is 12.4. The van der Waals surface area contributed by atoms with Gasteiger partial charge in [-0.2, -0.15) is 0 Å². The molecule has 1 aromatic rings. The second kappa shape index (κ2) is 5.52. The van der Waals surface area contributed by atoms with E-state index in [4.69, 9.17) is 17.3 Å². The number of fused-ring (bicyclic) bond motifs is 1. The first-order valence-corrected chi connectivity index (χ1v) is 6.39. The summed E-state index contributed by atoms with van der Waals surface area (Å²) in [6, 6.07) is 4.10. The Morgan fingerprint density at radius 3 is 2.88 bits per heavy atom. The van der Waals surface area contributed by atoms with E-state index in [1.807, 2.05) is 6.07 Å². The van der Waals surface area contributed by atoms with E-state index in [0.29, 0.717) is 11.4 Å². The Bertz CT molecular complexity index is 432. The monoisotopic (exact) mass is 252 g/mol. The van der Waals surface area contributed by atoms with E-state index >= 15 is 0 Å². The van der Waals surface area contributed by atoms with Crippen LogP contribution in [0.2, 0.25) is 5.02 Å². The summed E-state index contributed by atoms with van der Waals surface area (Å²) >= 11 is 6.19. The highest BCUT2D eigenvalue weighted by atomic mass is 35.5. The molecule has 4 heteroatoms. The topological polar surface area (TPSA) is 55.1 Å². The van der Waals surface area contributed by atoms with Crippen molar-refractivity contribution < 1.29 is 4.79 Å². The van der Waals surface area contributed by atoms with Crippen molar-refractivity contribution in [3.63, 3.8) is 0 Å². The van der Waals surface area contributed by atoms with Gasteiger partial charge in [-0.3, -0.25) is 4.79 Å². The lowest BCUT2D eigenvalue weighted by molar-refractivity contribution is -0.116. The van der Waals surface area contributed by atoms with Crippen molar-refractivity contribution in [2.75, 3.05) is 11.9 Å². The van der Waals surface area contributed by atoms with Gasteiger partial charge >= 0.3 is 0 Å². The smallest absolute Gasteiger partial charge is 0.224 e. The molecule has 0 radical (unpaired) electrons. The van der Waals surface area contributed by atoms with Gasteiger partial charge in [0, 0.05) is 6.42 Å². The Kier molecular flexibility index (Phi) is 4.02. The van der Waals surface area contributed by atoms with E-state index in [-0.39, 0.29) is 5.91 Å². The number of nitrogens with two attached hydrogens (primary N) is 1. The van der Waals surface area contributed by atoms with Gasteiger partial charge < -0.3 is 11.1 Å². The van der Waals surface area contributed by atoms with E-state index in [2.05, 4.69) is 11.4 Å². The highest BCUT2D eigenvalue weighted by molar-refractivity contribution is 6.34. The lowest BCUT2D eigenvalue weighted by Crippen LogP contribution is -2.19. The number of hydrogen-bond acceptors (Lipinski definition) is 2. The van der Waals surface area contributed by atoms with Crippen LogP contribution in [0.1, 0.15) is 30.4 Å². The number of anilines is 1. The van der Waals surface area contributed by atoms with Gasteiger partial charge in [-0.1, -0.05) is 17.7 Å². The summed E-state index contributed by atoms with van der Waals surface area (Å²) in [5.41, 5.74) is 8.66. The summed E-state index contributed by atoms with van der Waals surface area (Å²) in [5, 5.41) is 3.48. The van der Waals surface area contributed by atoms with E-state index in [0.717, 1.165) is 43.5 Å². The van der Waals surface area contributed by atoms with E-state index in [9.17, 15) is 4.79 Å². The third-order valence-corrected chi connectivity index (χ3v) is 3.34. The fourth-order valence-corrected chi connectivity index (χ4v) is 2.44. The van der Waals surface area contributed by atoms with Gasteiger partial charge in [-0.15, -0.1) is 0 Å². The molecule has 1 aliphatic heterocycles. The number of benzene rings is 1. The summed E-state index contributed by atoms with van der Waals surface area (Å²) in [7, 11) is 0. The molecular formula is C13H17ClN2O. The van der Waals surface area contributed by atoms with Crippen LogP contribution in [0.15, 0.2) is 12.1 Å². The first-order chi connectivity index (χ1) is 8.20. The Morgan fingerprint density at radius 1 is 1.29 bits per heavy atom. The molecule has 0 atom stereocenters. The highest BCUT2D eigenvalue weighted by Crippen LogP contribution is 2.32. The minimum Gasteiger partial charge on any atom is -0.330 e. The molecule has 0 saturated heterocycles. The van der Waals surface area contributed by atoms with E-state index in [1.54, 1.807) is 0 Å². The molecule has 3 nitrogen and oxygen atoms in total. The zero-order valence-corrected chi connectivity index (χ0v) is 10.5. The Morgan fingerprint density at radius 2 is 2.12 bits per heavy atom. The molecule has 1 heterocycles. The molecule has 0 fully saturated rings. The van der Waals surface area contributed by atoms with Crippen molar-refractivity contribution in [3.8, 4) is 0 Å². The molecule has 92 valence electrons. The minimum absolute atomic E-state index is 0.0512. The molecule has 0 spiro atoms. The molecule has 0 aromatic heterocycles. The molecule has 1 aliphatic rings. The van der Waals surface area contributed by atoms with Crippen molar-refractivity contribution in [2.24, 2.45) is 5.73 Å². The van der Waals surface area contributed by atoms with Crippen molar-refractivity contribution in [2.45, 2.75) is 32.1 Å². The average Bonchev–Trinajstić information content (AvgIpc) is 2.31. The van der Waals surface area contributed by atoms with Gasteiger partial charge in [0.1, 0.15) is 0 Å². The first-order valence-electron chi connectivity index (χ1n) is 6.02. The summed E-state index contributed by atoms with van der Waals surface area (Å²) in [5.74, 6) is 0.0512. The molecule has 1 amide bonds. The average molecular weight is 253 g/mol. The number of carbonyl (C=O) groups is 1. The van der Waals surface area contributed by atoms with Crippen LogP contribution in [0.5, 0.6) is 0 Å². The van der Waals surface area contributed by atoms with Crippen LogP contribution in [0.25, 0.3) is 0 Å². The summed E-state index contributed by atoms with van der Waals surface area (Å²) < 4.78 is 0. The lowest BCUT2D eigenvalue weighted by Gasteiger charge is -2.19. The molecular weight excluding hydrogens is 236 g/mol. The molecule has 2 rings (SSSR count).